The summed E-state index contributed by atoms with van der Waals surface area (Å²) in [6.07, 6.45) is 0. The van der Waals surface area contributed by atoms with E-state index in [-0.39, 0.29) is 5.56 Å². The zero-order chi connectivity index (χ0) is 19.7. The molecule has 0 bridgehead atoms. The fourth-order valence-electron chi connectivity index (χ4n) is 3.42. The van der Waals surface area contributed by atoms with Crippen LogP contribution in [0.15, 0.2) is 48.5 Å². The molecule has 0 atom stereocenters. The molecular formula is C20H17N2O4P. The zero-order valence-corrected chi connectivity index (χ0v) is 16.0. The SMILES string of the molecule is COc1c(C(C#N)(C#N)P(=O)(OC)OC)c2ccccc2c2ccccc12. The Labute approximate surface area is 157 Å². The van der Waals surface area contributed by atoms with Crippen LogP contribution in [-0.2, 0) is 18.8 Å². The molecule has 0 spiro atoms. The maximum atomic E-state index is 13.3. The molecule has 0 amide bonds. The van der Waals surface area contributed by atoms with Crippen molar-refractivity contribution in [3.05, 3.63) is 54.1 Å². The Kier molecular flexibility index (Phi) is 4.91. The highest BCUT2D eigenvalue weighted by Gasteiger charge is 2.56. The van der Waals surface area contributed by atoms with Crippen molar-refractivity contribution >= 4 is 29.1 Å². The normalized spacial score (nSPS) is 11.9. The summed E-state index contributed by atoms with van der Waals surface area (Å²) in [5.41, 5.74) is 0.177. The van der Waals surface area contributed by atoms with E-state index in [2.05, 4.69) is 0 Å². The molecular weight excluding hydrogens is 363 g/mol. The van der Waals surface area contributed by atoms with E-state index in [1.165, 1.54) is 7.11 Å². The summed E-state index contributed by atoms with van der Waals surface area (Å²) in [4.78, 5) is 0. The number of nitriles is 2. The first kappa shape index (κ1) is 18.9. The van der Waals surface area contributed by atoms with Crippen molar-refractivity contribution < 1.29 is 18.3 Å². The highest BCUT2D eigenvalue weighted by atomic mass is 31.2. The molecule has 0 aliphatic carbocycles. The molecule has 0 fully saturated rings. The maximum absolute atomic E-state index is 13.3. The smallest absolute Gasteiger partial charge is 0.369 e. The van der Waals surface area contributed by atoms with Gasteiger partial charge in [-0.1, -0.05) is 48.5 Å². The number of hydrogen-bond donors (Lipinski definition) is 0. The first-order chi connectivity index (χ1) is 13.0. The lowest BCUT2D eigenvalue weighted by Gasteiger charge is -2.29. The van der Waals surface area contributed by atoms with Gasteiger partial charge in [0.1, 0.15) is 17.9 Å². The largest absolute Gasteiger partial charge is 0.496 e. The van der Waals surface area contributed by atoms with Gasteiger partial charge in [0.05, 0.1) is 7.11 Å². The molecule has 0 aliphatic heterocycles. The summed E-state index contributed by atoms with van der Waals surface area (Å²) in [5, 5.41) is 20.8. The molecule has 6 nitrogen and oxygen atoms in total. The molecule has 3 aromatic rings. The van der Waals surface area contributed by atoms with E-state index in [1.54, 1.807) is 12.1 Å². The second-order valence-corrected chi connectivity index (χ2v) is 8.19. The van der Waals surface area contributed by atoms with Gasteiger partial charge in [-0.25, -0.2) is 0 Å². The molecule has 3 rings (SSSR count). The molecule has 0 N–H and O–H groups in total. The highest BCUT2D eigenvalue weighted by Crippen LogP contribution is 2.66. The van der Waals surface area contributed by atoms with Crippen molar-refractivity contribution in [2.24, 2.45) is 0 Å². The number of nitrogens with zero attached hydrogens (tertiary/aromatic N) is 2. The van der Waals surface area contributed by atoms with E-state index in [0.29, 0.717) is 16.5 Å². The van der Waals surface area contributed by atoms with Gasteiger partial charge in [0.25, 0.3) is 5.16 Å². The van der Waals surface area contributed by atoms with E-state index in [0.717, 1.165) is 25.0 Å². The molecule has 0 radical (unpaired) electrons. The average Bonchev–Trinajstić information content (AvgIpc) is 2.74. The van der Waals surface area contributed by atoms with Crippen LogP contribution in [0.4, 0.5) is 0 Å². The lowest BCUT2D eigenvalue weighted by molar-refractivity contribution is 0.263. The summed E-state index contributed by atoms with van der Waals surface area (Å²) in [6, 6.07) is 18.6. The second-order valence-electron chi connectivity index (χ2n) is 5.80. The van der Waals surface area contributed by atoms with Crippen molar-refractivity contribution in [2.45, 2.75) is 5.16 Å². The number of benzene rings is 3. The van der Waals surface area contributed by atoms with Gasteiger partial charge < -0.3 is 13.8 Å². The number of fused-ring (bicyclic) bond motifs is 3. The van der Waals surface area contributed by atoms with Gasteiger partial charge in [0.2, 0.25) is 0 Å². The Morgan fingerprint density at radius 3 is 1.70 bits per heavy atom. The lowest BCUT2D eigenvalue weighted by Crippen LogP contribution is -2.25. The molecule has 27 heavy (non-hydrogen) atoms. The van der Waals surface area contributed by atoms with E-state index in [4.69, 9.17) is 13.8 Å². The minimum absolute atomic E-state index is 0.177. The quantitative estimate of drug-likeness (QED) is 0.469. The standard InChI is InChI=1S/C20H17N2O4P/c1-24-19-17-11-7-5-9-15(17)14-8-4-6-10-16(14)18(19)20(12-21,13-22)27(23,25-2)26-3/h4-11H,1-3H3. The summed E-state index contributed by atoms with van der Waals surface area (Å²) >= 11 is 0. The van der Waals surface area contributed by atoms with Crippen LogP contribution < -0.4 is 4.74 Å². The van der Waals surface area contributed by atoms with Crippen LogP contribution in [0.5, 0.6) is 5.75 Å². The van der Waals surface area contributed by atoms with Crippen molar-refractivity contribution in [1.82, 2.24) is 0 Å². The molecule has 7 heteroatoms. The van der Waals surface area contributed by atoms with E-state index in [9.17, 15) is 15.1 Å². The maximum Gasteiger partial charge on any atom is 0.369 e. The van der Waals surface area contributed by atoms with E-state index >= 15 is 0 Å². The van der Waals surface area contributed by atoms with E-state index < -0.39 is 12.8 Å². The molecule has 0 saturated carbocycles. The predicted octanol–water partition coefficient (Wildman–Crippen LogP) is 4.73. The van der Waals surface area contributed by atoms with Gasteiger partial charge in [0.15, 0.2) is 0 Å². The first-order valence-corrected chi connectivity index (χ1v) is 9.59. The van der Waals surface area contributed by atoms with Gasteiger partial charge in [-0.15, -0.1) is 0 Å². The fourth-order valence-corrected chi connectivity index (χ4v) is 4.86. The number of hydrogen-bond acceptors (Lipinski definition) is 6. The minimum Gasteiger partial charge on any atom is -0.496 e. The summed E-state index contributed by atoms with van der Waals surface area (Å²) in [6.45, 7) is 0. The number of rotatable bonds is 5. The molecule has 0 heterocycles. The summed E-state index contributed by atoms with van der Waals surface area (Å²) in [5.74, 6) is 0.293. The zero-order valence-electron chi connectivity index (χ0n) is 15.1. The van der Waals surface area contributed by atoms with Crippen LogP contribution in [-0.4, -0.2) is 21.3 Å². The average molecular weight is 380 g/mol. The lowest BCUT2D eigenvalue weighted by atomic mass is 9.89. The van der Waals surface area contributed by atoms with Crippen LogP contribution in [0.3, 0.4) is 0 Å². The third kappa shape index (κ3) is 2.51. The van der Waals surface area contributed by atoms with E-state index in [1.807, 2.05) is 48.5 Å². The topological polar surface area (TPSA) is 92.3 Å². The van der Waals surface area contributed by atoms with Gasteiger partial charge in [-0.05, 0) is 16.2 Å². The molecule has 136 valence electrons. The molecule has 0 aromatic heterocycles. The van der Waals surface area contributed by atoms with Crippen molar-refractivity contribution in [2.75, 3.05) is 21.3 Å². The molecule has 3 aromatic carbocycles. The van der Waals surface area contributed by atoms with Crippen molar-refractivity contribution in [3.8, 4) is 17.9 Å². The molecule has 0 aliphatic rings. The Bertz CT molecular complexity index is 1140. The Hall–Kier alpha value is -2.89. The number of methoxy groups -OCH3 is 1. The summed E-state index contributed by atoms with van der Waals surface area (Å²) in [7, 11) is -0.408. The highest BCUT2D eigenvalue weighted by molar-refractivity contribution is 7.55. The summed E-state index contributed by atoms with van der Waals surface area (Å²) < 4.78 is 29.1. The Morgan fingerprint density at radius 2 is 1.26 bits per heavy atom. The third-order valence-electron chi connectivity index (χ3n) is 4.67. The monoisotopic (exact) mass is 380 g/mol. The number of ether oxygens (including phenoxy) is 1. The van der Waals surface area contributed by atoms with Crippen LogP contribution in [0.2, 0.25) is 0 Å². The van der Waals surface area contributed by atoms with Gasteiger partial charge >= 0.3 is 7.60 Å². The van der Waals surface area contributed by atoms with Gasteiger partial charge in [-0.3, -0.25) is 4.57 Å². The minimum atomic E-state index is -4.17. The van der Waals surface area contributed by atoms with Gasteiger partial charge in [-0.2, -0.15) is 10.5 Å². The molecule has 0 saturated heterocycles. The fraction of sp³-hybridized carbons (Fsp3) is 0.200. The van der Waals surface area contributed by atoms with Crippen LogP contribution in [0.1, 0.15) is 5.56 Å². The van der Waals surface area contributed by atoms with Crippen LogP contribution in [0.25, 0.3) is 21.5 Å². The molecule has 0 unspecified atom stereocenters. The second kappa shape index (κ2) is 7.02. The van der Waals surface area contributed by atoms with Crippen molar-refractivity contribution in [3.63, 3.8) is 0 Å². The predicted molar refractivity (Wildman–Crippen MR) is 103 cm³/mol. The van der Waals surface area contributed by atoms with Gasteiger partial charge in [0, 0.05) is 25.2 Å². The first-order valence-electron chi connectivity index (χ1n) is 8.05. The Morgan fingerprint density at radius 1 is 0.815 bits per heavy atom. The Balaban J connectivity index is 2.66. The van der Waals surface area contributed by atoms with Crippen LogP contribution >= 0.6 is 7.60 Å². The van der Waals surface area contributed by atoms with Crippen LogP contribution in [0, 0.1) is 22.7 Å². The van der Waals surface area contributed by atoms with Crippen molar-refractivity contribution in [1.29, 1.82) is 10.5 Å². The third-order valence-corrected chi connectivity index (χ3v) is 6.87.